The van der Waals surface area contributed by atoms with Crippen molar-refractivity contribution in [2.75, 3.05) is 25.8 Å². The second-order valence-corrected chi connectivity index (χ2v) is 9.65. The van der Waals surface area contributed by atoms with E-state index in [-0.39, 0.29) is 25.9 Å². The Bertz CT molecular complexity index is 1430. The van der Waals surface area contributed by atoms with E-state index in [0.29, 0.717) is 37.8 Å². The average Bonchev–Trinajstić information content (AvgIpc) is 3.43. The predicted octanol–water partition coefficient (Wildman–Crippen LogP) is 3.37. The fourth-order valence-corrected chi connectivity index (χ4v) is 4.42. The maximum absolute atomic E-state index is 12.4. The highest BCUT2D eigenvalue weighted by Crippen LogP contribution is 2.34. The third-order valence-electron chi connectivity index (χ3n) is 5.72. The zero-order valence-electron chi connectivity index (χ0n) is 21.8. The number of nitrogens with zero attached hydrogens (tertiary/aromatic N) is 1. The highest BCUT2D eigenvalue weighted by Gasteiger charge is 2.16. The lowest BCUT2D eigenvalue weighted by atomic mass is 10.1. The van der Waals surface area contributed by atoms with Crippen LogP contribution in [-0.2, 0) is 27.3 Å². The molecule has 3 amide bonds. The van der Waals surface area contributed by atoms with E-state index in [4.69, 9.17) is 18.9 Å². The standard InChI is InChI=1S/C28H27IN4O7/c1-3-17-4-7-20(8-5-17)32-25(34)15-38-26-21(29)10-19(12-24(26)37-2)14-31-33-28(36)27(35)30-13-18-6-9-22-23(11-18)40-16-39-22/h4-12,14H,3,13,15-16H2,1-2H3,(H,30,35)(H,32,34)(H,33,36)/b31-14-. The van der Waals surface area contributed by atoms with Crippen LogP contribution in [0.4, 0.5) is 5.69 Å². The Hall–Kier alpha value is -4.33. The minimum Gasteiger partial charge on any atom is -0.493 e. The maximum atomic E-state index is 12.4. The van der Waals surface area contributed by atoms with Gasteiger partial charge in [0.1, 0.15) is 0 Å². The lowest BCUT2D eigenvalue weighted by Gasteiger charge is -2.13. The van der Waals surface area contributed by atoms with Gasteiger partial charge in [0.25, 0.3) is 5.91 Å². The van der Waals surface area contributed by atoms with Crippen LogP contribution < -0.4 is 35.0 Å². The van der Waals surface area contributed by atoms with Gasteiger partial charge in [-0.1, -0.05) is 25.1 Å². The third kappa shape index (κ3) is 7.62. The summed E-state index contributed by atoms with van der Waals surface area (Å²) >= 11 is 2.05. The van der Waals surface area contributed by atoms with Gasteiger partial charge in [-0.05, 0) is 82.1 Å². The molecule has 3 N–H and O–H groups in total. The fourth-order valence-electron chi connectivity index (χ4n) is 3.64. The van der Waals surface area contributed by atoms with Crippen LogP contribution in [0, 0.1) is 3.57 Å². The van der Waals surface area contributed by atoms with E-state index in [1.807, 2.05) is 46.9 Å². The second kappa shape index (κ2) is 13.6. The quantitative estimate of drug-likeness (QED) is 0.132. The number of anilines is 1. The number of benzene rings is 3. The molecule has 40 heavy (non-hydrogen) atoms. The molecule has 0 unspecified atom stereocenters. The molecule has 0 aliphatic carbocycles. The van der Waals surface area contributed by atoms with Crippen molar-refractivity contribution in [1.82, 2.24) is 10.7 Å². The molecule has 0 fully saturated rings. The molecular weight excluding hydrogens is 631 g/mol. The van der Waals surface area contributed by atoms with Crippen LogP contribution in [0.5, 0.6) is 23.0 Å². The number of amides is 3. The number of halogens is 1. The van der Waals surface area contributed by atoms with E-state index in [1.165, 1.54) is 18.9 Å². The number of aryl methyl sites for hydroxylation is 1. The molecule has 1 aliphatic heterocycles. The van der Waals surface area contributed by atoms with Gasteiger partial charge in [-0.2, -0.15) is 5.10 Å². The first-order chi connectivity index (χ1) is 19.4. The van der Waals surface area contributed by atoms with Crippen LogP contribution in [0.3, 0.4) is 0 Å². The molecule has 0 atom stereocenters. The summed E-state index contributed by atoms with van der Waals surface area (Å²) in [5.41, 5.74) is 5.39. The van der Waals surface area contributed by atoms with Crippen molar-refractivity contribution in [1.29, 1.82) is 0 Å². The SMILES string of the molecule is CCc1ccc(NC(=O)COc2c(I)cc(/C=N\NC(=O)C(=O)NCc3ccc4c(c3)OCO4)cc2OC)cc1. The number of fused-ring (bicyclic) bond motifs is 1. The number of hydrogen-bond donors (Lipinski definition) is 3. The number of nitrogens with one attached hydrogen (secondary N) is 3. The van der Waals surface area contributed by atoms with Gasteiger partial charge >= 0.3 is 11.8 Å². The van der Waals surface area contributed by atoms with E-state index < -0.39 is 11.8 Å². The molecule has 0 saturated heterocycles. The molecule has 0 aromatic heterocycles. The Kier molecular flexibility index (Phi) is 9.78. The van der Waals surface area contributed by atoms with Gasteiger partial charge < -0.3 is 29.6 Å². The predicted molar refractivity (Wildman–Crippen MR) is 156 cm³/mol. The van der Waals surface area contributed by atoms with Crippen LogP contribution in [0.1, 0.15) is 23.6 Å². The minimum atomic E-state index is -0.922. The molecule has 0 bridgehead atoms. The van der Waals surface area contributed by atoms with Crippen molar-refractivity contribution in [2.45, 2.75) is 19.9 Å². The first-order valence-electron chi connectivity index (χ1n) is 12.2. The third-order valence-corrected chi connectivity index (χ3v) is 6.52. The summed E-state index contributed by atoms with van der Waals surface area (Å²) in [6, 6.07) is 16.2. The summed E-state index contributed by atoms with van der Waals surface area (Å²) in [6.45, 7) is 2.13. The number of methoxy groups -OCH3 is 1. The Morgan fingerprint density at radius 2 is 1.75 bits per heavy atom. The Morgan fingerprint density at radius 3 is 2.50 bits per heavy atom. The number of carbonyl (C=O) groups is 3. The number of rotatable bonds is 10. The van der Waals surface area contributed by atoms with Crippen LogP contribution in [0.15, 0.2) is 59.7 Å². The van der Waals surface area contributed by atoms with Gasteiger partial charge in [0.2, 0.25) is 6.79 Å². The topological polar surface area (TPSA) is 137 Å². The zero-order chi connectivity index (χ0) is 28.5. The first-order valence-corrected chi connectivity index (χ1v) is 13.3. The van der Waals surface area contributed by atoms with Gasteiger partial charge in [0, 0.05) is 12.2 Å². The van der Waals surface area contributed by atoms with E-state index in [1.54, 1.807) is 30.3 Å². The van der Waals surface area contributed by atoms with E-state index in [9.17, 15) is 14.4 Å². The van der Waals surface area contributed by atoms with Gasteiger partial charge in [-0.25, -0.2) is 5.43 Å². The molecule has 1 aliphatic rings. The fraction of sp³-hybridized carbons (Fsp3) is 0.214. The van der Waals surface area contributed by atoms with Gasteiger partial charge in [0.15, 0.2) is 29.6 Å². The van der Waals surface area contributed by atoms with Gasteiger partial charge in [-0.3, -0.25) is 14.4 Å². The van der Waals surface area contributed by atoms with Crippen molar-refractivity contribution in [2.24, 2.45) is 5.10 Å². The molecule has 208 valence electrons. The van der Waals surface area contributed by atoms with Crippen molar-refractivity contribution in [3.63, 3.8) is 0 Å². The summed E-state index contributed by atoms with van der Waals surface area (Å²) in [5.74, 6) is -0.0911. The van der Waals surface area contributed by atoms with Crippen LogP contribution >= 0.6 is 22.6 Å². The minimum absolute atomic E-state index is 0.132. The second-order valence-electron chi connectivity index (χ2n) is 8.49. The van der Waals surface area contributed by atoms with Crippen LogP contribution in [-0.4, -0.2) is 44.4 Å². The summed E-state index contributed by atoms with van der Waals surface area (Å²) in [4.78, 5) is 36.6. The summed E-state index contributed by atoms with van der Waals surface area (Å²) in [5, 5.41) is 9.18. The lowest BCUT2D eigenvalue weighted by Crippen LogP contribution is -2.37. The smallest absolute Gasteiger partial charge is 0.329 e. The Balaban J connectivity index is 1.27. The molecule has 4 rings (SSSR count). The summed E-state index contributed by atoms with van der Waals surface area (Å²) < 4.78 is 22.4. The van der Waals surface area contributed by atoms with Crippen molar-refractivity contribution in [3.05, 3.63) is 74.9 Å². The Labute approximate surface area is 244 Å². The normalized spacial score (nSPS) is 11.7. The van der Waals surface area contributed by atoms with Gasteiger partial charge in [-0.15, -0.1) is 0 Å². The number of hydrazone groups is 1. The molecule has 1 heterocycles. The molecule has 3 aromatic rings. The van der Waals surface area contributed by atoms with E-state index >= 15 is 0 Å². The lowest BCUT2D eigenvalue weighted by molar-refractivity contribution is -0.139. The monoisotopic (exact) mass is 658 g/mol. The van der Waals surface area contributed by atoms with E-state index in [0.717, 1.165) is 12.0 Å². The molecule has 0 radical (unpaired) electrons. The Morgan fingerprint density at radius 1 is 1.00 bits per heavy atom. The molecule has 0 saturated carbocycles. The van der Waals surface area contributed by atoms with Crippen LogP contribution in [0.25, 0.3) is 0 Å². The highest BCUT2D eigenvalue weighted by atomic mass is 127. The first kappa shape index (κ1) is 28.7. The molecule has 11 nitrogen and oxygen atoms in total. The largest absolute Gasteiger partial charge is 0.493 e. The molecular formula is C28H27IN4O7. The molecule has 3 aromatic carbocycles. The number of hydrogen-bond acceptors (Lipinski definition) is 8. The highest BCUT2D eigenvalue weighted by molar-refractivity contribution is 14.1. The van der Waals surface area contributed by atoms with Crippen molar-refractivity contribution >= 4 is 52.2 Å². The van der Waals surface area contributed by atoms with Gasteiger partial charge in [0.05, 0.1) is 16.9 Å². The summed E-state index contributed by atoms with van der Waals surface area (Å²) in [6.07, 6.45) is 2.28. The average molecular weight is 658 g/mol. The molecule has 0 spiro atoms. The number of ether oxygens (including phenoxy) is 4. The maximum Gasteiger partial charge on any atom is 0.329 e. The number of carbonyl (C=O) groups excluding carboxylic acids is 3. The van der Waals surface area contributed by atoms with Crippen molar-refractivity contribution in [3.8, 4) is 23.0 Å². The summed E-state index contributed by atoms with van der Waals surface area (Å²) in [7, 11) is 1.47. The van der Waals surface area contributed by atoms with Crippen molar-refractivity contribution < 1.29 is 33.3 Å². The zero-order valence-corrected chi connectivity index (χ0v) is 23.9. The van der Waals surface area contributed by atoms with Crippen LogP contribution in [0.2, 0.25) is 0 Å². The molecule has 12 heteroatoms. The van der Waals surface area contributed by atoms with E-state index in [2.05, 4.69) is 28.1 Å².